The third-order valence-electron chi connectivity index (χ3n) is 2.52. The van der Waals surface area contributed by atoms with E-state index < -0.39 is 13.9 Å². The van der Waals surface area contributed by atoms with Gasteiger partial charge in [-0.3, -0.25) is 0 Å². The van der Waals surface area contributed by atoms with Crippen molar-refractivity contribution in [3.8, 4) is 0 Å². The van der Waals surface area contributed by atoms with Crippen LogP contribution in [-0.2, 0) is 0 Å². The first-order chi connectivity index (χ1) is 8.95. The molecule has 0 spiro atoms. The van der Waals surface area contributed by atoms with Gasteiger partial charge in [0.15, 0.2) is 0 Å². The number of nitrogens with zero attached hydrogens (tertiary/aromatic N) is 2. The summed E-state index contributed by atoms with van der Waals surface area (Å²) in [6.07, 6.45) is 8.40. The molecular formula is C14H16Br2N2Sn-2. The first-order valence-corrected chi connectivity index (χ1v) is 24.7. The van der Waals surface area contributed by atoms with Crippen LogP contribution in [0.3, 0.4) is 0 Å². The van der Waals surface area contributed by atoms with Gasteiger partial charge in [-0.2, -0.15) is 0 Å². The van der Waals surface area contributed by atoms with Crippen LogP contribution >= 0.6 is 25.4 Å². The maximum atomic E-state index is 4.49. The molecule has 3 rings (SSSR count). The molecule has 0 atom stereocenters. The van der Waals surface area contributed by atoms with Gasteiger partial charge in [-0.15, -0.1) is 36.6 Å². The fourth-order valence-electron chi connectivity index (χ4n) is 1.86. The molecule has 0 bridgehead atoms. The third-order valence-corrected chi connectivity index (χ3v) is 2.52. The Morgan fingerprint density at radius 3 is 1.63 bits per heavy atom. The van der Waals surface area contributed by atoms with Gasteiger partial charge in [0.05, 0.1) is 0 Å². The van der Waals surface area contributed by atoms with Crippen molar-refractivity contribution in [1.82, 2.24) is 0 Å². The average Bonchev–Trinajstić information content (AvgIpc) is 2.37. The van der Waals surface area contributed by atoms with E-state index in [0.717, 1.165) is 24.5 Å². The number of rotatable bonds is 0. The minimum atomic E-state index is -1.55. The first-order valence-electron chi connectivity index (χ1n) is 6.18. The van der Waals surface area contributed by atoms with Gasteiger partial charge in [0.25, 0.3) is 0 Å². The van der Waals surface area contributed by atoms with E-state index in [1.54, 1.807) is 0 Å². The summed E-state index contributed by atoms with van der Waals surface area (Å²) < 4.78 is 0. The van der Waals surface area contributed by atoms with E-state index >= 15 is 0 Å². The molecule has 2 aliphatic rings. The van der Waals surface area contributed by atoms with Crippen molar-refractivity contribution in [3.63, 3.8) is 0 Å². The fraction of sp³-hybridized carbons (Fsp3) is 0.286. The van der Waals surface area contributed by atoms with Crippen LogP contribution in [0.4, 0.5) is 11.4 Å². The summed E-state index contributed by atoms with van der Waals surface area (Å²) in [4.78, 5) is 4.46. The summed E-state index contributed by atoms with van der Waals surface area (Å²) in [5.74, 6) is 0. The van der Waals surface area contributed by atoms with Crippen LogP contribution in [0, 0.1) is 0 Å². The van der Waals surface area contributed by atoms with E-state index in [1.807, 2.05) is 0 Å². The molecule has 0 unspecified atom stereocenters. The summed E-state index contributed by atoms with van der Waals surface area (Å²) in [5.41, 5.74) is 4.51. The molecule has 1 aromatic carbocycles. The van der Waals surface area contributed by atoms with Crippen LogP contribution in [0.15, 0.2) is 24.3 Å². The summed E-state index contributed by atoms with van der Waals surface area (Å²) in [7, 11) is 0. The second kappa shape index (κ2) is 6.67. The number of benzene rings is 1. The van der Waals surface area contributed by atoms with Gasteiger partial charge < -0.3 is 10.6 Å². The van der Waals surface area contributed by atoms with Gasteiger partial charge in [-0.25, -0.2) is 0 Å². The molecular weight excluding hydrogens is 475 g/mol. The van der Waals surface area contributed by atoms with Crippen LogP contribution in [0.5, 0.6) is 0 Å². The number of hydrogen-bond acceptors (Lipinski definition) is 0. The summed E-state index contributed by atoms with van der Waals surface area (Å²) in [6.45, 7) is 1.56. The molecule has 0 aromatic heterocycles. The monoisotopic (exact) mass is 490 g/mol. The molecule has 2 nitrogen and oxygen atoms in total. The van der Waals surface area contributed by atoms with Crippen molar-refractivity contribution >= 4 is 62.9 Å². The first kappa shape index (κ1) is 15.4. The molecule has 0 aliphatic carbocycles. The van der Waals surface area contributed by atoms with Crippen LogP contribution in [0.25, 0.3) is 22.8 Å². The van der Waals surface area contributed by atoms with Crippen molar-refractivity contribution in [2.24, 2.45) is 0 Å². The van der Waals surface area contributed by atoms with E-state index in [1.165, 1.54) is 11.1 Å². The zero-order chi connectivity index (χ0) is 13.9. The maximum absolute atomic E-state index is 4.49. The van der Waals surface area contributed by atoms with Crippen molar-refractivity contribution in [2.45, 2.75) is 9.88 Å². The minimum absolute atomic E-state index is 0.780. The Labute approximate surface area is 131 Å². The molecule has 2 aliphatic heterocycles. The Bertz CT molecular complexity index is 472. The van der Waals surface area contributed by atoms with Crippen molar-refractivity contribution in [1.29, 1.82) is 0 Å². The topological polar surface area (TPSA) is 28.2 Å². The second-order valence-corrected chi connectivity index (χ2v) is 46.1. The number of halogens is 2. The van der Waals surface area contributed by atoms with Gasteiger partial charge in [-0.05, 0) is 11.1 Å². The van der Waals surface area contributed by atoms with E-state index in [0.29, 0.717) is 0 Å². The summed E-state index contributed by atoms with van der Waals surface area (Å²) >= 11 is 5.45. The van der Waals surface area contributed by atoms with Gasteiger partial charge in [0.1, 0.15) is 0 Å². The Balaban J connectivity index is 0.000000232. The van der Waals surface area contributed by atoms with Gasteiger partial charge in [0.2, 0.25) is 0 Å². The van der Waals surface area contributed by atoms with Crippen molar-refractivity contribution < 1.29 is 0 Å². The number of hydrogen-bond donors (Lipinski definition) is 0. The van der Waals surface area contributed by atoms with E-state index in [-0.39, 0.29) is 0 Å². The van der Waals surface area contributed by atoms with Gasteiger partial charge >= 0.3 is 49.2 Å². The Hall–Kier alpha value is 0.0587. The molecule has 0 N–H and O–H groups in total. The molecule has 0 radical (unpaired) electrons. The van der Waals surface area contributed by atoms with Crippen LogP contribution in [0.1, 0.15) is 11.1 Å². The third kappa shape index (κ3) is 4.83. The van der Waals surface area contributed by atoms with Crippen molar-refractivity contribution in [3.05, 3.63) is 46.0 Å². The average molecular weight is 491 g/mol. The van der Waals surface area contributed by atoms with Crippen LogP contribution in [-0.4, -0.2) is 27.0 Å². The molecule has 0 fully saturated rings. The zero-order valence-electron chi connectivity index (χ0n) is 11.0. The summed E-state index contributed by atoms with van der Waals surface area (Å²) in [5, 5.41) is 8.98. The molecule has 0 amide bonds. The number of fused-ring (bicyclic) bond motifs is 3. The quantitative estimate of drug-likeness (QED) is 0.386. The molecule has 102 valence electrons. The van der Waals surface area contributed by atoms with E-state index in [4.69, 9.17) is 0 Å². The fourth-order valence-corrected chi connectivity index (χ4v) is 1.86. The van der Waals surface area contributed by atoms with Gasteiger partial charge in [-0.1, -0.05) is 24.3 Å². The standard InChI is InChI=1S/C12H10N2.2CH3.2BrH.Sn/c1-3-9-5-6-10-4-2-8-14-12(10)11(9)13-7-1;;;;;/h1-6H,7-8H2;2*1H3;2*1H;/q-2;;;;;+2/p-2. The SMILES string of the molecule is C1=Cc2ccc3c(c2[N-]C1)[N-]CC=C3.[CH3][Sn]([CH3])([Br])[Br]. The van der Waals surface area contributed by atoms with Gasteiger partial charge in [0, 0.05) is 0 Å². The molecule has 1 aromatic rings. The predicted molar refractivity (Wildman–Crippen MR) is 95.6 cm³/mol. The molecule has 0 saturated carbocycles. The Morgan fingerprint density at radius 1 is 0.895 bits per heavy atom. The van der Waals surface area contributed by atoms with Crippen LogP contribution < -0.4 is 0 Å². The molecule has 19 heavy (non-hydrogen) atoms. The van der Waals surface area contributed by atoms with E-state index in [2.05, 4.69) is 82.4 Å². The Morgan fingerprint density at radius 2 is 1.26 bits per heavy atom. The van der Waals surface area contributed by atoms with Crippen molar-refractivity contribution in [2.75, 3.05) is 13.1 Å². The molecule has 5 heteroatoms. The zero-order valence-corrected chi connectivity index (χ0v) is 17.1. The molecule has 0 saturated heterocycles. The Kier molecular flexibility index (Phi) is 5.43. The van der Waals surface area contributed by atoms with Crippen LogP contribution in [0.2, 0.25) is 9.88 Å². The second-order valence-electron chi connectivity index (χ2n) is 4.75. The predicted octanol–water partition coefficient (Wildman–Crippen LogP) is 6.23. The normalized spacial score (nSPS) is 15.4. The van der Waals surface area contributed by atoms with E-state index in [9.17, 15) is 0 Å². The molecule has 2 heterocycles. The summed E-state index contributed by atoms with van der Waals surface area (Å²) in [6, 6.07) is 4.22.